The van der Waals surface area contributed by atoms with Crippen LogP contribution in [0.15, 0.2) is 29.2 Å². The van der Waals surface area contributed by atoms with Gasteiger partial charge in [-0.15, -0.1) is 0 Å². The number of carbonyl (C=O) groups is 1. The van der Waals surface area contributed by atoms with Crippen LogP contribution in [0.4, 0.5) is 20.4 Å². The minimum atomic E-state index is -4.93. The number of aromatic nitrogens is 2. The Kier molecular flexibility index (Phi) is 6.08. The van der Waals surface area contributed by atoms with Crippen molar-refractivity contribution in [1.82, 2.24) is 9.97 Å². The van der Waals surface area contributed by atoms with Gasteiger partial charge in [0.15, 0.2) is 0 Å². The molecule has 29 heavy (non-hydrogen) atoms. The number of hydrogen-bond acceptors (Lipinski definition) is 7. The summed E-state index contributed by atoms with van der Waals surface area (Å²) in [4.78, 5) is 22.7. The topological polar surface area (TPSA) is 101 Å². The first-order valence-corrected chi connectivity index (χ1v) is 10.4. The average Bonchev–Trinajstić information content (AvgIpc) is 2.71. The lowest BCUT2D eigenvalue weighted by Crippen LogP contribution is -2.37. The Hall–Kier alpha value is -2.66. The number of nitrogens with one attached hydrogen (secondary N) is 1. The van der Waals surface area contributed by atoms with Gasteiger partial charge in [-0.2, -0.15) is 8.78 Å². The number of alkyl halides is 2. The van der Waals surface area contributed by atoms with Crippen LogP contribution in [0.3, 0.4) is 0 Å². The zero-order valence-corrected chi connectivity index (χ0v) is 16.7. The van der Waals surface area contributed by atoms with Gasteiger partial charge in [-0.25, -0.2) is 18.4 Å². The van der Waals surface area contributed by atoms with Crippen LogP contribution in [0.5, 0.6) is 0 Å². The number of morpholine rings is 1. The molecule has 1 aromatic carbocycles. The van der Waals surface area contributed by atoms with Gasteiger partial charge >= 0.3 is 5.76 Å². The number of carbonyl (C=O) groups excluding carboxylic acids is 1. The maximum absolute atomic E-state index is 13.0. The third kappa shape index (κ3) is 4.35. The molecule has 0 radical (unpaired) electrons. The molecule has 1 amide bonds. The Balaban J connectivity index is 1.91. The molecule has 1 fully saturated rings. The van der Waals surface area contributed by atoms with E-state index in [1.165, 1.54) is 18.2 Å². The summed E-state index contributed by atoms with van der Waals surface area (Å²) < 4.78 is 55.0. The van der Waals surface area contributed by atoms with Gasteiger partial charge in [0.2, 0.25) is 15.8 Å². The third-order valence-electron chi connectivity index (χ3n) is 4.46. The summed E-state index contributed by atoms with van der Waals surface area (Å²) in [7, 11) is -4.93. The van der Waals surface area contributed by atoms with Gasteiger partial charge in [0.05, 0.1) is 40.7 Å². The molecule has 0 spiro atoms. The summed E-state index contributed by atoms with van der Waals surface area (Å²) in [5.74, 6) is -3.96. The molecule has 2 heterocycles. The van der Waals surface area contributed by atoms with Crippen molar-refractivity contribution in [3.05, 3.63) is 41.2 Å². The molecule has 2 aromatic rings. The number of sulfone groups is 1. The van der Waals surface area contributed by atoms with Crippen molar-refractivity contribution in [2.75, 3.05) is 36.5 Å². The first kappa shape index (κ1) is 21.1. The Labute approximate surface area is 166 Å². The maximum atomic E-state index is 13.0. The molecule has 1 aliphatic heterocycles. The molecule has 1 aliphatic rings. The van der Waals surface area contributed by atoms with Crippen molar-refractivity contribution in [2.45, 2.75) is 24.5 Å². The number of aryl methyl sites for hydroxylation is 2. The Morgan fingerprint density at radius 2 is 1.72 bits per heavy atom. The van der Waals surface area contributed by atoms with Crippen LogP contribution in [0.2, 0.25) is 0 Å². The highest BCUT2D eigenvalue weighted by molar-refractivity contribution is 7.91. The highest BCUT2D eigenvalue weighted by Crippen LogP contribution is 2.25. The minimum Gasteiger partial charge on any atom is -0.378 e. The quantitative estimate of drug-likeness (QED) is 0.782. The van der Waals surface area contributed by atoms with Crippen molar-refractivity contribution in [1.29, 1.82) is 0 Å². The highest BCUT2D eigenvalue weighted by Gasteiger charge is 2.31. The lowest BCUT2D eigenvalue weighted by Gasteiger charge is -2.27. The zero-order valence-electron chi connectivity index (χ0n) is 15.9. The zero-order chi connectivity index (χ0) is 21.2. The highest BCUT2D eigenvalue weighted by atomic mass is 32.2. The molecule has 156 valence electrons. The molecular weight excluding hydrogens is 406 g/mol. The number of nitrogens with zero attached hydrogens (tertiary/aromatic N) is 3. The Morgan fingerprint density at radius 3 is 2.31 bits per heavy atom. The van der Waals surface area contributed by atoms with E-state index in [9.17, 15) is 22.0 Å². The lowest BCUT2D eigenvalue weighted by atomic mass is 10.2. The second kappa shape index (κ2) is 8.37. The van der Waals surface area contributed by atoms with E-state index in [4.69, 9.17) is 4.74 Å². The first-order valence-electron chi connectivity index (χ1n) is 8.82. The van der Waals surface area contributed by atoms with E-state index in [-0.39, 0.29) is 5.56 Å². The molecule has 0 bridgehead atoms. The van der Waals surface area contributed by atoms with Gasteiger partial charge in [-0.3, -0.25) is 4.79 Å². The molecule has 0 saturated carbocycles. The van der Waals surface area contributed by atoms with E-state index in [0.29, 0.717) is 49.3 Å². The maximum Gasteiger partial charge on any atom is 0.341 e. The predicted octanol–water partition coefficient (Wildman–Crippen LogP) is 2.18. The summed E-state index contributed by atoms with van der Waals surface area (Å²) in [6.07, 6.45) is 0. The normalized spacial score (nSPS) is 14.9. The number of rotatable bonds is 5. The van der Waals surface area contributed by atoms with Crippen LogP contribution in [0.25, 0.3) is 0 Å². The Morgan fingerprint density at radius 1 is 1.14 bits per heavy atom. The summed E-state index contributed by atoms with van der Waals surface area (Å²) in [5, 5.41) is 2.56. The SMILES string of the molecule is Cc1nc(N2CCOCC2)nc(C)c1NC(=O)c1ccccc1S(=O)(=O)C(F)F. The molecule has 0 aliphatic carbocycles. The lowest BCUT2D eigenvalue weighted by molar-refractivity contribution is 0.102. The number of benzene rings is 1. The molecule has 0 unspecified atom stereocenters. The van der Waals surface area contributed by atoms with E-state index in [2.05, 4.69) is 15.3 Å². The van der Waals surface area contributed by atoms with Crippen LogP contribution in [-0.2, 0) is 14.6 Å². The summed E-state index contributed by atoms with van der Waals surface area (Å²) in [6, 6.07) is 4.84. The third-order valence-corrected chi connectivity index (χ3v) is 5.90. The number of ether oxygens (including phenoxy) is 1. The van der Waals surface area contributed by atoms with Gasteiger partial charge in [0.1, 0.15) is 0 Å². The molecule has 0 atom stereocenters. The minimum absolute atomic E-state index is 0.302. The van der Waals surface area contributed by atoms with E-state index in [1.54, 1.807) is 13.8 Å². The summed E-state index contributed by atoms with van der Waals surface area (Å²) in [6.45, 7) is 5.77. The number of hydrogen-bond donors (Lipinski definition) is 1. The molecular formula is C18H20F2N4O4S. The molecule has 1 N–H and O–H groups in total. The largest absolute Gasteiger partial charge is 0.378 e. The van der Waals surface area contributed by atoms with Crippen LogP contribution in [0.1, 0.15) is 21.7 Å². The standard InChI is InChI=1S/C18H20F2N4O4S/c1-11-15(12(2)22-18(21-11)24-7-9-28-10-8-24)23-16(25)13-5-3-4-6-14(13)29(26,27)17(19)20/h3-6,17H,7-10H2,1-2H3,(H,23,25). The van der Waals surface area contributed by atoms with Crippen LogP contribution in [0, 0.1) is 13.8 Å². The number of amides is 1. The fourth-order valence-corrected chi connectivity index (χ4v) is 3.89. The summed E-state index contributed by atoms with van der Waals surface area (Å²) in [5.41, 5.74) is 0.878. The second-order valence-corrected chi connectivity index (χ2v) is 8.31. The fraction of sp³-hybridized carbons (Fsp3) is 0.389. The van der Waals surface area contributed by atoms with Gasteiger partial charge in [-0.05, 0) is 26.0 Å². The van der Waals surface area contributed by atoms with E-state index in [1.807, 2.05) is 4.90 Å². The van der Waals surface area contributed by atoms with E-state index in [0.717, 1.165) is 6.07 Å². The Bertz CT molecular complexity index is 1000. The van der Waals surface area contributed by atoms with Crippen molar-refractivity contribution < 1.29 is 26.7 Å². The van der Waals surface area contributed by atoms with Gasteiger partial charge in [0, 0.05) is 13.1 Å². The molecule has 8 nitrogen and oxygen atoms in total. The van der Waals surface area contributed by atoms with Crippen molar-refractivity contribution in [2.24, 2.45) is 0 Å². The number of anilines is 2. The fourth-order valence-electron chi connectivity index (χ4n) is 2.96. The second-order valence-electron chi connectivity index (χ2n) is 6.42. The smallest absolute Gasteiger partial charge is 0.341 e. The van der Waals surface area contributed by atoms with Crippen LogP contribution in [-0.4, -0.2) is 56.4 Å². The van der Waals surface area contributed by atoms with E-state index >= 15 is 0 Å². The molecule has 1 saturated heterocycles. The van der Waals surface area contributed by atoms with Crippen LogP contribution < -0.4 is 10.2 Å². The monoisotopic (exact) mass is 426 g/mol. The molecule has 3 rings (SSSR count). The average molecular weight is 426 g/mol. The molecule has 1 aromatic heterocycles. The van der Waals surface area contributed by atoms with Gasteiger partial charge in [0.25, 0.3) is 5.91 Å². The summed E-state index contributed by atoms with van der Waals surface area (Å²) >= 11 is 0. The van der Waals surface area contributed by atoms with Gasteiger partial charge < -0.3 is 15.0 Å². The molecule has 11 heteroatoms. The van der Waals surface area contributed by atoms with Crippen molar-refractivity contribution in [3.63, 3.8) is 0 Å². The van der Waals surface area contributed by atoms with Crippen LogP contribution >= 0.6 is 0 Å². The first-order chi connectivity index (χ1) is 13.7. The van der Waals surface area contributed by atoms with Gasteiger partial charge in [-0.1, -0.05) is 12.1 Å². The number of halogens is 2. The predicted molar refractivity (Wildman–Crippen MR) is 102 cm³/mol. The van der Waals surface area contributed by atoms with Crippen molar-refractivity contribution >= 4 is 27.4 Å². The van der Waals surface area contributed by atoms with E-state index < -0.39 is 26.4 Å². The van der Waals surface area contributed by atoms with Crippen molar-refractivity contribution in [3.8, 4) is 0 Å².